The van der Waals surface area contributed by atoms with Gasteiger partial charge in [0.15, 0.2) is 0 Å². The predicted molar refractivity (Wildman–Crippen MR) is 72.8 cm³/mol. The molecular weight excluding hydrogens is 232 g/mol. The molecule has 0 bridgehead atoms. The largest absolute Gasteiger partial charge is 0.494 e. The highest BCUT2D eigenvalue weighted by atomic mass is 35.5. The van der Waals surface area contributed by atoms with Crippen molar-refractivity contribution in [1.82, 2.24) is 0 Å². The summed E-state index contributed by atoms with van der Waals surface area (Å²) in [5.74, 6) is 0.877. The van der Waals surface area contributed by atoms with Gasteiger partial charge >= 0.3 is 0 Å². The van der Waals surface area contributed by atoms with Crippen LogP contribution in [0.1, 0.15) is 12.5 Å². The number of rotatable bonds is 3. The highest BCUT2D eigenvalue weighted by Crippen LogP contribution is 2.30. The predicted octanol–water partition coefficient (Wildman–Crippen LogP) is 4.71. The van der Waals surface area contributed by atoms with Gasteiger partial charge in [0.2, 0.25) is 0 Å². The van der Waals surface area contributed by atoms with Crippen LogP contribution in [-0.2, 0) is 0 Å². The number of aryl methyl sites for hydroxylation is 1. The molecule has 0 radical (unpaired) electrons. The Morgan fingerprint density at radius 2 is 1.94 bits per heavy atom. The summed E-state index contributed by atoms with van der Waals surface area (Å²) in [6.07, 6.45) is 0. The lowest BCUT2D eigenvalue weighted by molar-refractivity contribution is 0.340. The average Bonchev–Trinajstić information content (AvgIpc) is 2.29. The maximum Gasteiger partial charge on any atom is 0.119 e. The van der Waals surface area contributed by atoms with E-state index in [1.165, 1.54) is 5.56 Å². The second-order valence-electron chi connectivity index (χ2n) is 3.94. The number of ether oxygens (including phenoxy) is 1. The van der Waals surface area contributed by atoms with E-state index in [-0.39, 0.29) is 0 Å². The smallest absolute Gasteiger partial charge is 0.119 e. The summed E-state index contributed by atoms with van der Waals surface area (Å²) >= 11 is 6.25. The molecule has 0 atom stereocenters. The van der Waals surface area contributed by atoms with Crippen molar-refractivity contribution >= 4 is 11.6 Å². The van der Waals surface area contributed by atoms with E-state index >= 15 is 0 Å². The van der Waals surface area contributed by atoms with Crippen LogP contribution < -0.4 is 4.74 Å². The molecule has 0 aliphatic rings. The van der Waals surface area contributed by atoms with E-state index in [2.05, 4.69) is 6.07 Å². The van der Waals surface area contributed by atoms with Crippen LogP contribution in [0.2, 0.25) is 5.02 Å². The second-order valence-corrected chi connectivity index (χ2v) is 4.35. The van der Waals surface area contributed by atoms with Crippen LogP contribution in [0.5, 0.6) is 5.75 Å². The maximum absolute atomic E-state index is 6.25. The Labute approximate surface area is 107 Å². The zero-order valence-electron chi connectivity index (χ0n) is 10.0. The van der Waals surface area contributed by atoms with Gasteiger partial charge in [-0.15, -0.1) is 0 Å². The van der Waals surface area contributed by atoms with Crippen LogP contribution in [0.15, 0.2) is 42.5 Å². The second kappa shape index (κ2) is 5.24. The summed E-state index contributed by atoms with van der Waals surface area (Å²) in [7, 11) is 0. The lowest BCUT2D eigenvalue weighted by Crippen LogP contribution is -1.91. The Balaban J connectivity index is 2.42. The van der Waals surface area contributed by atoms with Crippen LogP contribution >= 0.6 is 11.6 Å². The van der Waals surface area contributed by atoms with Crippen LogP contribution in [0, 0.1) is 6.92 Å². The van der Waals surface area contributed by atoms with Crippen molar-refractivity contribution in [2.45, 2.75) is 13.8 Å². The van der Waals surface area contributed by atoms with Crippen molar-refractivity contribution < 1.29 is 4.74 Å². The van der Waals surface area contributed by atoms with E-state index < -0.39 is 0 Å². The summed E-state index contributed by atoms with van der Waals surface area (Å²) in [4.78, 5) is 0. The topological polar surface area (TPSA) is 9.23 Å². The SMILES string of the molecule is CCOc1cccc(-c2ccc(C)cc2Cl)c1. The molecule has 88 valence electrons. The minimum Gasteiger partial charge on any atom is -0.494 e. The molecule has 2 heteroatoms. The molecule has 0 aromatic heterocycles. The molecule has 0 fully saturated rings. The Bertz CT molecular complexity index is 520. The molecule has 0 aliphatic carbocycles. The maximum atomic E-state index is 6.25. The zero-order valence-corrected chi connectivity index (χ0v) is 10.8. The first-order valence-corrected chi connectivity index (χ1v) is 6.08. The molecule has 2 aromatic carbocycles. The van der Waals surface area contributed by atoms with Gasteiger partial charge in [-0.2, -0.15) is 0 Å². The van der Waals surface area contributed by atoms with Gasteiger partial charge in [-0.05, 0) is 43.2 Å². The molecule has 0 aliphatic heterocycles. The third-order valence-electron chi connectivity index (χ3n) is 2.58. The molecule has 0 N–H and O–H groups in total. The van der Waals surface area contributed by atoms with Crippen LogP contribution in [-0.4, -0.2) is 6.61 Å². The van der Waals surface area contributed by atoms with E-state index in [0.29, 0.717) is 6.61 Å². The molecule has 2 aromatic rings. The van der Waals surface area contributed by atoms with Crippen molar-refractivity contribution in [3.63, 3.8) is 0 Å². The summed E-state index contributed by atoms with van der Waals surface area (Å²) in [5.41, 5.74) is 3.29. The van der Waals surface area contributed by atoms with Crippen LogP contribution in [0.25, 0.3) is 11.1 Å². The molecule has 1 nitrogen and oxygen atoms in total. The van der Waals surface area contributed by atoms with Crippen LogP contribution in [0.3, 0.4) is 0 Å². The highest BCUT2D eigenvalue weighted by Gasteiger charge is 2.04. The Morgan fingerprint density at radius 1 is 1.12 bits per heavy atom. The van der Waals surface area contributed by atoms with Gasteiger partial charge in [0.1, 0.15) is 5.75 Å². The fraction of sp³-hybridized carbons (Fsp3) is 0.200. The van der Waals surface area contributed by atoms with E-state index in [9.17, 15) is 0 Å². The molecule has 0 saturated carbocycles. The first-order chi connectivity index (χ1) is 8.20. The molecule has 0 saturated heterocycles. The van der Waals surface area contributed by atoms with E-state index in [1.807, 2.05) is 50.2 Å². The van der Waals surface area contributed by atoms with Gasteiger partial charge in [0.25, 0.3) is 0 Å². The minimum atomic E-state index is 0.672. The van der Waals surface area contributed by atoms with Gasteiger partial charge in [-0.25, -0.2) is 0 Å². The fourth-order valence-corrected chi connectivity index (χ4v) is 2.12. The monoisotopic (exact) mass is 246 g/mol. The summed E-state index contributed by atoms with van der Waals surface area (Å²) < 4.78 is 5.49. The zero-order chi connectivity index (χ0) is 12.3. The molecule has 0 spiro atoms. The summed E-state index contributed by atoms with van der Waals surface area (Å²) in [6.45, 7) is 4.68. The first kappa shape index (κ1) is 12.0. The third kappa shape index (κ3) is 2.80. The standard InChI is InChI=1S/C15H15ClO/c1-3-17-13-6-4-5-12(10-13)14-8-7-11(2)9-15(14)16/h4-10H,3H2,1-2H3. The highest BCUT2D eigenvalue weighted by molar-refractivity contribution is 6.33. The van der Waals surface area contributed by atoms with E-state index in [1.54, 1.807) is 0 Å². The van der Waals surface area contributed by atoms with Crippen molar-refractivity contribution in [2.24, 2.45) is 0 Å². The summed E-state index contributed by atoms with van der Waals surface area (Å²) in [6, 6.07) is 14.1. The molecular formula is C15H15ClO. The minimum absolute atomic E-state index is 0.672. The van der Waals surface area contributed by atoms with E-state index in [4.69, 9.17) is 16.3 Å². The number of benzene rings is 2. The van der Waals surface area contributed by atoms with Crippen molar-refractivity contribution in [3.8, 4) is 16.9 Å². The van der Waals surface area contributed by atoms with Crippen molar-refractivity contribution in [3.05, 3.63) is 53.1 Å². The average molecular weight is 247 g/mol. The number of halogens is 1. The Hall–Kier alpha value is -1.47. The van der Waals surface area contributed by atoms with Crippen molar-refractivity contribution in [1.29, 1.82) is 0 Å². The molecule has 0 unspecified atom stereocenters. The molecule has 2 rings (SSSR count). The van der Waals surface area contributed by atoms with Gasteiger partial charge in [-0.1, -0.05) is 35.9 Å². The molecule has 17 heavy (non-hydrogen) atoms. The Kier molecular flexibility index (Phi) is 3.70. The quantitative estimate of drug-likeness (QED) is 0.762. The fourth-order valence-electron chi connectivity index (χ4n) is 1.77. The van der Waals surface area contributed by atoms with E-state index in [0.717, 1.165) is 21.9 Å². The van der Waals surface area contributed by atoms with Gasteiger partial charge < -0.3 is 4.74 Å². The molecule has 0 amide bonds. The number of hydrogen-bond donors (Lipinski definition) is 0. The Morgan fingerprint density at radius 3 is 2.65 bits per heavy atom. The summed E-state index contributed by atoms with van der Waals surface area (Å²) in [5, 5.41) is 0.777. The lowest BCUT2D eigenvalue weighted by atomic mass is 10.0. The third-order valence-corrected chi connectivity index (χ3v) is 2.89. The normalized spacial score (nSPS) is 10.3. The van der Waals surface area contributed by atoms with Crippen molar-refractivity contribution in [2.75, 3.05) is 6.61 Å². The van der Waals surface area contributed by atoms with Gasteiger partial charge in [0, 0.05) is 10.6 Å². The van der Waals surface area contributed by atoms with Gasteiger partial charge in [-0.3, -0.25) is 0 Å². The number of hydrogen-bond acceptors (Lipinski definition) is 1. The van der Waals surface area contributed by atoms with Crippen LogP contribution in [0.4, 0.5) is 0 Å². The van der Waals surface area contributed by atoms with Gasteiger partial charge in [0.05, 0.1) is 6.61 Å². The lowest BCUT2D eigenvalue weighted by Gasteiger charge is -2.08. The molecule has 0 heterocycles. The first-order valence-electron chi connectivity index (χ1n) is 5.70.